The highest BCUT2D eigenvalue weighted by Crippen LogP contribution is 2.17. The number of para-hydroxylation sites is 1. The molecule has 0 spiro atoms. The summed E-state index contributed by atoms with van der Waals surface area (Å²) in [5, 5.41) is 3.45. The molecule has 0 saturated heterocycles. The van der Waals surface area contributed by atoms with Crippen molar-refractivity contribution < 1.29 is 4.79 Å². The van der Waals surface area contributed by atoms with Gasteiger partial charge in [-0.05, 0) is 54.3 Å². The van der Waals surface area contributed by atoms with Gasteiger partial charge in [0.25, 0.3) is 5.56 Å². The second-order valence-electron chi connectivity index (χ2n) is 4.67. The van der Waals surface area contributed by atoms with E-state index in [0.717, 1.165) is 9.26 Å². The number of amides is 1. The lowest BCUT2D eigenvalue weighted by Gasteiger charge is -2.08. The quantitative estimate of drug-likeness (QED) is 0.436. The molecule has 0 aliphatic rings. The Labute approximate surface area is 146 Å². The highest BCUT2D eigenvalue weighted by atomic mass is 127. The molecule has 0 bridgehead atoms. The third-order valence-electron chi connectivity index (χ3n) is 3.14. The molecule has 0 saturated carbocycles. The van der Waals surface area contributed by atoms with Gasteiger partial charge in [0.15, 0.2) is 5.16 Å². The molecule has 1 aromatic heterocycles. The van der Waals surface area contributed by atoms with Crippen LogP contribution in [0, 0.1) is 10.5 Å². The molecule has 116 valence electrons. The zero-order valence-corrected chi connectivity index (χ0v) is 15.2. The van der Waals surface area contributed by atoms with Gasteiger partial charge in [0, 0.05) is 21.2 Å². The first-order valence-electron chi connectivity index (χ1n) is 6.69. The number of rotatable bonds is 5. The Kier molecular flexibility index (Phi) is 6.01. The summed E-state index contributed by atoms with van der Waals surface area (Å²) in [5.74, 6) is -0.114. The lowest BCUT2D eigenvalue weighted by molar-refractivity contribution is -0.116. The maximum absolute atomic E-state index is 12.0. The number of aryl methyl sites for hydroxylation is 1. The van der Waals surface area contributed by atoms with Crippen LogP contribution in [0.2, 0.25) is 0 Å². The van der Waals surface area contributed by atoms with Gasteiger partial charge >= 0.3 is 0 Å². The Balaban J connectivity index is 2.03. The van der Waals surface area contributed by atoms with Crippen molar-refractivity contribution in [2.75, 3.05) is 11.6 Å². The molecular weight excluding hydrogens is 413 g/mol. The van der Waals surface area contributed by atoms with Crippen LogP contribution >= 0.6 is 34.4 Å². The van der Waals surface area contributed by atoms with Crippen molar-refractivity contribution in [3.05, 3.63) is 49.4 Å². The molecule has 22 heavy (non-hydrogen) atoms. The summed E-state index contributed by atoms with van der Waals surface area (Å²) in [7, 11) is 0. The summed E-state index contributed by atoms with van der Waals surface area (Å²) in [6.07, 6.45) is 2.47. The minimum absolute atomic E-state index is 0.114. The lowest BCUT2D eigenvalue weighted by atomic mass is 10.1. The van der Waals surface area contributed by atoms with E-state index in [-0.39, 0.29) is 17.9 Å². The van der Waals surface area contributed by atoms with Crippen LogP contribution in [0.5, 0.6) is 0 Å². The van der Waals surface area contributed by atoms with Crippen LogP contribution in [-0.4, -0.2) is 22.1 Å². The third kappa shape index (κ3) is 4.33. The number of thioether (sulfide) groups is 1. The maximum Gasteiger partial charge on any atom is 0.254 e. The number of nitrogens with one attached hydrogen (secondary N) is 2. The second kappa shape index (κ2) is 7.77. The van der Waals surface area contributed by atoms with Crippen LogP contribution < -0.4 is 10.9 Å². The Morgan fingerprint density at radius 2 is 2.14 bits per heavy atom. The Morgan fingerprint density at radius 3 is 2.77 bits per heavy atom. The van der Waals surface area contributed by atoms with Gasteiger partial charge in [0.2, 0.25) is 5.91 Å². The molecule has 1 aromatic carbocycles. The predicted octanol–water partition coefficient (Wildman–Crippen LogP) is 2.98. The van der Waals surface area contributed by atoms with Crippen LogP contribution in [0.4, 0.5) is 5.69 Å². The maximum atomic E-state index is 12.0. The fourth-order valence-electron chi connectivity index (χ4n) is 1.99. The van der Waals surface area contributed by atoms with E-state index in [1.54, 1.807) is 6.92 Å². The van der Waals surface area contributed by atoms with Crippen LogP contribution in [0.1, 0.15) is 17.7 Å². The smallest absolute Gasteiger partial charge is 0.254 e. The van der Waals surface area contributed by atoms with Crippen LogP contribution in [0.15, 0.2) is 34.2 Å². The molecule has 0 atom stereocenters. The first kappa shape index (κ1) is 17.0. The summed E-state index contributed by atoms with van der Waals surface area (Å²) in [5.41, 5.74) is 1.86. The number of halogens is 1. The number of H-pyrrole nitrogens is 1. The van der Waals surface area contributed by atoms with Gasteiger partial charge in [-0.15, -0.1) is 0 Å². The first-order chi connectivity index (χ1) is 10.5. The molecule has 1 heterocycles. The highest BCUT2D eigenvalue weighted by Gasteiger charge is 2.11. The number of carbonyl (C=O) groups is 1. The van der Waals surface area contributed by atoms with Crippen molar-refractivity contribution >= 4 is 45.9 Å². The minimum atomic E-state index is -0.168. The topological polar surface area (TPSA) is 74.8 Å². The van der Waals surface area contributed by atoms with E-state index >= 15 is 0 Å². The van der Waals surface area contributed by atoms with Gasteiger partial charge in [-0.2, -0.15) is 0 Å². The molecule has 0 fully saturated rings. The van der Waals surface area contributed by atoms with Crippen LogP contribution in [-0.2, 0) is 11.2 Å². The van der Waals surface area contributed by atoms with Gasteiger partial charge in [-0.1, -0.05) is 23.9 Å². The average molecular weight is 429 g/mol. The molecule has 2 rings (SSSR count). The summed E-state index contributed by atoms with van der Waals surface area (Å²) in [6, 6.07) is 7.57. The summed E-state index contributed by atoms with van der Waals surface area (Å²) in [4.78, 5) is 31.1. The number of aromatic nitrogens is 2. The fraction of sp³-hybridized carbons (Fsp3) is 0.267. The molecule has 0 aliphatic heterocycles. The van der Waals surface area contributed by atoms with Gasteiger partial charge in [-0.3, -0.25) is 9.59 Å². The summed E-state index contributed by atoms with van der Waals surface area (Å²) in [6.45, 7) is 1.79. The number of carbonyl (C=O) groups excluding carboxylic acids is 1. The SMILES string of the molecule is CSc1nc(C)c(CCC(=O)Nc2ccccc2I)c(=O)[nH]1. The standard InChI is InChI=1S/C15H16IN3O2S/c1-9-10(14(21)19-15(17-9)22-2)7-8-13(20)18-12-6-4-3-5-11(12)16/h3-6H,7-8H2,1-2H3,(H,18,20)(H,17,19,21). The van der Waals surface area contributed by atoms with Crippen molar-refractivity contribution in [3.8, 4) is 0 Å². The van der Waals surface area contributed by atoms with E-state index in [9.17, 15) is 9.59 Å². The Morgan fingerprint density at radius 1 is 1.41 bits per heavy atom. The second-order valence-corrected chi connectivity index (χ2v) is 6.62. The Hall–Kier alpha value is -1.35. The highest BCUT2D eigenvalue weighted by molar-refractivity contribution is 14.1. The number of hydrogen-bond acceptors (Lipinski definition) is 4. The van der Waals surface area contributed by atoms with Gasteiger partial charge in [0.1, 0.15) is 0 Å². The number of nitrogens with zero attached hydrogens (tertiary/aromatic N) is 1. The molecule has 2 aromatic rings. The van der Waals surface area contributed by atoms with Gasteiger partial charge < -0.3 is 10.3 Å². The van der Waals surface area contributed by atoms with Gasteiger partial charge in [-0.25, -0.2) is 4.98 Å². The van der Waals surface area contributed by atoms with E-state index in [0.29, 0.717) is 22.8 Å². The fourth-order valence-corrected chi connectivity index (χ4v) is 2.93. The average Bonchev–Trinajstić information content (AvgIpc) is 2.48. The van der Waals surface area contributed by atoms with Crippen molar-refractivity contribution in [2.45, 2.75) is 24.9 Å². The van der Waals surface area contributed by atoms with Crippen molar-refractivity contribution in [3.63, 3.8) is 0 Å². The molecular formula is C15H16IN3O2S. The molecule has 0 aliphatic carbocycles. The normalized spacial score (nSPS) is 10.5. The summed E-state index contributed by atoms with van der Waals surface area (Å²) < 4.78 is 0.980. The molecule has 0 radical (unpaired) electrons. The number of anilines is 1. The first-order valence-corrected chi connectivity index (χ1v) is 8.99. The zero-order valence-electron chi connectivity index (χ0n) is 12.3. The molecule has 1 amide bonds. The largest absolute Gasteiger partial charge is 0.325 e. The van der Waals surface area contributed by atoms with E-state index < -0.39 is 0 Å². The molecule has 7 heteroatoms. The summed E-state index contributed by atoms with van der Waals surface area (Å²) >= 11 is 3.56. The number of hydrogen-bond donors (Lipinski definition) is 2. The zero-order chi connectivity index (χ0) is 16.1. The van der Waals surface area contributed by atoms with E-state index in [4.69, 9.17) is 0 Å². The predicted molar refractivity (Wildman–Crippen MR) is 97.5 cm³/mol. The van der Waals surface area contributed by atoms with Crippen molar-refractivity contribution in [1.29, 1.82) is 0 Å². The molecule has 0 unspecified atom stereocenters. The monoisotopic (exact) mass is 429 g/mol. The van der Waals surface area contributed by atoms with Gasteiger partial charge in [0.05, 0.1) is 5.69 Å². The van der Waals surface area contributed by atoms with Crippen LogP contribution in [0.3, 0.4) is 0 Å². The van der Waals surface area contributed by atoms with E-state index in [1.807, 2.05) is 30.5 Å². The van der Waals surface area contributed by atoms with E-state index in [1.165, 1.54) is 11.8 Å². The number of aromatic amines is 1. The number of benzene rings is 1. The van der Waals surface area contributed by atoms with Crippen molar-refractivity contribution in [2.24, 2.45) is 0 Å². The minimum Gasteiger partial charge on any atom is -0.325 e. The van der Waals surface area contributed by atoms with Crippen LogP contribution in [0.25, 0.3) is 0 Å². The Bertz CT molecular complexity index is 746. The molecule has 5 nitrogen and oxygen atoms in total. The molecule has 2 N–H and O–H groups in total. The van der Waals surface area contributed by atoms with Crippen molar-refractivity contribution in [1.82, 2.24) is 9.97 Å². The van der Waals surface area contributed by atoms with E-state index in [2.05, 4.69) is 37.9 Å². The third-order valence-corrected chi connectivity index (χ3v) is 4.66. The lowest BCUT2D eigenvalue weighted by Crippen LogP contribution is -2.20.